The third-order valence-electron chi connectivity index (χ3n) is 0.361. The minimum Gasteiger partial charge on any atom is -0.332 e. The second kappa shape index (κ2) is 7.30. The molecule has 51 valence electrons. The normalized spacial score (nSPS) is 8.25. The van der Waals surface area contributed by atoms with Gasteiger partial charge in [0.15, 0.2) is 0 Å². The Labute approximate surface area is 69.6 Å². The van der Waals surface area contributed by atoms with Crippen molar-refractivity contribution in [3.05, 3.63) is 11.6 Å². The maximum Gasteiger partial charge on any atom is 0.220 e. The van der Waals surface area contributed by atoms with Crippen LogP contribution in [0.5, 0.6) is 0 Å². The molecule has 0 spiro atoms. The number of nitrogens with one attached hydrogen (secondary N) is 1. The molecule has 1 amide bonds. The Morgan fingerprint density at radius 3 is 2.38 bits per heavy atom. The van der Waals surface area contributed by atoms with Crippen molar-refractivity contribution in [2.24, 2.45) is 0 Å². The van der Waals surface area contributed by atoms with Crippen molar-refractivity contribution in [1.29, 1.82) is 0 Å². The van der Waals surface area contributed by atoms with Gasteiger partial charge < -0.3 is 5.32 Å². The summed E-state index contributed by atoms with van der Waals surface area (Å²) in [5.41, 5.74) is 0. The molecule has 1 N–H and O–H groups in total. The molecule has 0 unspecified atom stereocenters. The summed E-state index contributed by atoms with van der Waals surface area (Å²) in [5.74, 6) is -0.0784. The van der Waals surface area contributed by atoms with Gasteiger partial charge in [0, 0.05) is 35.5 Å². The Morgan fingerprint density at radius 2 is 2.25 bits per heavy atom. The van der Waals surface area contributed by atoms with Crippen LogP contribution in [-0.4, -0.2) is 5.91 Å². The first-order valence-electron chi connectivity index (χ1n) is 1.83. The molecule has 4 heteroatoms. The summed E-state index contributed by atoms with van der Waals surface area (Å²) in [7, 11) is 0. The molecule has 0 bridgehead atoms. The number of thiol groups is 1. The van der Waals surface area contributed by atoms with Crippen LogP contribution in [0.25, 0.3) is 0 Å². The number of hydrogen-bond donors (Lipinski definition) is 2. The largest absolute Gasteiger partial charge is 0.332 e. The minimum absolute atomic E-state index is 0. The number of rotatable bonds is 1. The van der Waals surface area contributed by atoms with E-state index in [2.05, 4.69) is 17.9 Å². The summed E-state index contributed by atoms with van der Waals surface area (Å²) >= 11 is 3.70. The predicted octanol–water partition coefficient (Wildman–Crippen LogP) is 0.521. The monoisotopic (exact) mass is 224 g/mol. The van der Waals surface area contributed by atoms with Crippen LogP contribution in [0.2, 0.25) is 0 Å². The van der Waals surface area contributed by atoms with Crippen LogP contribution in [0.4, 0.5) is 0 Å². The van der Waals surface area contributed by atoms with E-state index in [0.717, 1.165) is 0 Å². The van der Waals surface area contributed by atoms with Crippen LogP contribution in [-0.2, 0) is 27.2 Å². The molecule has 1 radical (unpaired) electrons. The van der Waals surface area contributed by atoms with E-state index >= 15 is 0 Å². The van der Waals surface area contributed by atoms with E-state index in [1.807, 2.05) is 0 Å². The second-order valence-corrected chi connectivity index (χ2v) is 1.31. The SMILES string of the molecule is CC(=O)N/C=C/S.[Ag]. The van der Waals surface area contributed by atoms with Crippen LogP contribution >= 0.6 is 12.6 Å². The Hall–Kier alpha value is 0.300. The minimum atomic E-state index is -0.0784. The standard InChI is InChI=1S/C4H7NOS.Ag/c1-4(6)5-2-3-7;/h2-3,7H,1H3,(H,5,6);/b3-2+;. The molecule has 0 aromatic heterocycles. The molecule has 2 nitrogen and oxygen atoms in total. The van der Waals surface area contributed by atoms with E-state index in [1.165, 1.54) is 18.5 Å². The van der Waals surface area contributed by atoms with Gasteiger partial charge in [0.05, 0.1) is 0 Å². The summed E-state index contributed by atoms with van der Waals surface area (Å²) in [6.45, 7) is 1.44. The maximum atomic E-state index is 10.0. The van der Waals surface area contributed by atoms with Gasteiger partial charge in [-0.25, -0.2) is 0 Å². The van der Waals surface area contributed by atoms with E-state index in [9.17, 15) is 4.79 Å². The first-order valence-corrected chi connectivity index (χ1v) is 2.35. The molecule has 0 heterocycles. The van der Waals surface area contributed by atoms with E-state index in [4.69, 9.17) is 0 Å². The first-order chi connectivity index (χ1) is 3.27. The van der Waals surface area contributed by atoms with E-state index < -0.39 is 0 Å². The molecule has 0 fully saturated rings. The van der Waals surface area contributed by atoms with Crippen molar-refractivity contribution in [2.45, 2.75) is 6.92 Å². The van der Waals surface area contributed by atoms with Crippen LogP contribution in [0, 0.1) is 0 Å². The number of carbonyl (C=O) groups excluding carboxylic acids is 1. The average molecular weight is 225 g/mol. The predicted molar refractivity (Wildman–Crippen MR) is 31.9 cm³/mol. The fraction of sp³-hybridized carbons (Fsp3) is 0.250. The molecule has 0 saturated heterocycles. The van der Waals surface area contributed by atoms with E-state index in [1.54, 1.807) is 0 Å². The Balaban J connectivity index is 0. The third kappa shape index (κ3) is 9.57. The van der Waals surface area contributed by atoms with E-state index in [0.29, 0.717) is 0 Å². The number of carbonyl (C=O) groups is 1. The van der Waals surface area contributed by atoms with Crippen molar-refractivity contribution < 1.29 is 27.2 Å². The van der Waals surface area contributed by atoms with Crippen LogP contribution in [0.15, 0.2) is 11.6 Å². The summed E-state index contributed by atoms with van der Waals surface area (Å²) in [6, 6.07) is 0. The molecule has 0 saturated carbocycles. The molecule has 0 aliphatic carbocycles. The third-order valence-corrected chi connectivity index (χ3v) is 0.510. The Bertz CT molecular complexity index is 94.0. The van der Waals surface area contributed by atoms with E-state index in [-0.39, 0.29) is 28.3 Å². The van der Waals surface area contributed by atoms with Crippen LogP contribution in [0.1, 0.15) is 6.92 Å². The van der Waals surface area contributed by atoms with Crippen molar-refractivity contribution in [2.75, 3.05) is 0 Å². The van der Waals surface area contributed by atoms with Crippen molar-refractivity contribution >= 4 is 18.5 Å². The topological polar surface area (TPSA) is 29.1 Å². The smallest absolute Gasteiger partial charge is 0.220 e. The quantitative estimate of drug-likeness (QED) is 0.494. The molecular weight excluding hydrogens is 218 g/mol. The second-order valence-electron chi connectivity index (χ2n) is 1.02. The molecular formula is C4H7AgNOS. The summed E-state index contributed by atoms with van der Waals surface area (Å²) in [4.78, 5) is 10.0. The fourth-order valence-corrected chi connectivity index (χ4v) is 0.229. The zero-order chi connectivity index (χ0) is 5.70. The Kier molecular flexibility index (Phi) is 10.2. The average Bonchev–Trinajstić information content (AvgIpc) is 1.61. The zero-order valence-electron chi connectivity index (χ0n) is 4.31. The molecule has 0 rings (SSSR count). The van der Waals surface area contributed by atoms with Crippen molar-refractivity contribution in [3.63, 3.8) is 0 Å². The summed E-state index contributed by atoms with van der Waals surface area (Å²) in [5, 5.41) is 3.86. The van der Waals surface area contributed by atoms with Crippen molar-refractivity contribution in [3.8, 4) is 0 Å². The summed E-state index contributed by atoms with van der Waals surface area (Å²) in [6.07, 6.45) is 1.46. The molecule has 0 atom stereocenters. The van der Waals surface area contributed by atoms with Crippen LogP contribution < -0.4 is 5.32 Å². The van der Waals surface area contributed by atoms with Crippen LogP contribution in [0.3, 0.4) is 0 Å². The van der Waals surface area contributed by atoms with Gasteiger partial charge in [0.1, 0.15) is 0 Å². The zero-order valence-corrected chi connectivity index (χ0v) is 6.69. The van der Waals surface area contributed by atoms with Gasteiger partial charge in [-0.1, -0.05) is 0 Å². The van der Waals surface area contributed by atoms with Gasteiger partial charge in [-0.2, -0.15) is 0 Å². The molecule has 0 aromatic carbocycles. The van der Waals surface area contributed by atoms with Crippen molar-refractivity contribution in [1.82, 2.24) is 5.32 Å². The first kappa shape index (κ1) is 11.1. The molecule has 0 aromatic rings. The van der Waals surface area contributed by atoms with Gasteiger partial charge in [-0.3, -0.25) is 4.79 Å². The molecule has 0 aliphatic heterocycles. The number of hydrogen-bond acceptors (Lipinski definition) is 2. The van der Waals surface area contributed by atoms with Gasteiger partial charge >= 0.3 is 0 Å². The maximum absolute atomic E-state index is 10.0. The van der Waals surface area contributed by atoms with Gasteiger partial charge in [0.2, 0.25) is 5.91 Å². The number of amides is 1. The Morgan fingerprint density at radius 1 is 1.75 bits per heavy atom. The van der Waals surface area contributed by atoms with Gasteiger partial charge in [-0.05, 0) is 5.41 Å². The molecule has 8 heavy (non-hydrogen) atoms. The summed E-state index contributed by atoms with van der Waals surface area (Å²) < 4.78 is 0. The van der Waals surface area contributed by atoms with Gasteiger partial charge in [-0.15, -0.1) is 12.6 Å². The molecule has 0 aliphatic rings. The fourth-order valence-electron chi connectivity index (χ4n) is 0.155. The van der Waals surface area contributed by atoms with Gasteiger partial charge in [0.25, 0.3) is 0 Å².